The highest BCUT2D eigenvalue weighted by Crippen LogP contribution is 2.17. The minimum absolute atomic E-state index is 0.0911. The lowest BCUT2D eigenvalue weighted by Crippen LogP contribution is -2.43. The average molecular weight is 399 g/mol. The molecule has 2 rings (SSSR count). The molecule has 0 saturated carbocycles. The van der Waals surface area contributed by atoms with Crippen LogP contribution in [0.4, 0.5) is 0 Å². The minimum Gasteiger partial charge on any atom is -0.482 e. The van der Waals surface area contributed by atoms with Gasteiger partial charge in [-0.1, -0.05) is 15.9 Å². The van der Waals surface area contributed by atoms with Crippen molar-refractivity contribution in [2.24, 2.45) is 0 Å². The summed E-state index contributed by atoms with van der Waals surface area (Å²) in [5, 5.41) is 0. The molecule has 1 aliphatic heterocycles. The largest absolute Gasteiger partial charge is 0.482 e. The number of ether oxygens (including phenoxy) is 2. The molecule has 0 radical (unpaired) electrons. The smallest absolute Gasteiger partial charge is 0.344 e. The van der Waals surface area contributed by atoms with Crippen LogP contribution < -0.4 is 4.74 Å². The van der Waals surface area contributed by atoms with E-state index in [0.717, 1.165) is 30.4 Å². The van der Waals surface area contributed by atoms with Gasteiger partial charge in [-0.3, -0.25) is 9.69 Å². The molecule has 7 heteroatoms. The number of halogens is 1. The lowest BCUT2D eigenvalue weighted by Gasteiger charge is -2.31. The van der Waals surface area contributed by atoms with Crippen molar-refractivity contribution < 1.29 is 19.1 Å². The molecule has 132 valence electrons. The molecule has 0 aliphatic carbocycles. The summed E-state index contributed by atoms with van der Waals surface area (Å²) in [4.78, 5) is 27.2. The van der Waals surface area contributed by atoms with Crippen LogP contribution in [0.1, 0.15) is 12.8 Å². The third-order valence-corrected chi connectivity index (χ3v) is 4.39. The standard InChI is InChI=1S/C17H23BrN2O4/c1-19(2)16(21)11-20-9-7-15(8-10-20)24-17(22)12-23-14-5-3-13(18)4-6-14/h3-6,15H,7-12H2,1-2H3. The van der Waals surface area contributed by atoms with Crippen LogP contribution >= 0.6 is 15.9 Å². The zero-order valence-electron chi connectivity index (χ0n) is 14.0. The molecule has 0 unspecified atom stereocenters. The van der Waals surface area contributed by atoms with E-state index < -0.39 is 0 Å². The SMILES string of the molecule is CN(C)C(=O)CN1CCC(OC(=O)COc2ccc(Br)cc2)CC1. The van der Waals surface area contributed by atoms with Crippen molar-refractivity contribution in [2.75, 3.05) is 40.3 Å². The van der Waals surface area contributed by atoms with Crippen LogP contribution in [0.2, 0.25) is 0 Å². The van der Waals surface area contributed by atoms with Gasteiger partial charge in [-0.15, -0.1) is 0 Å². The summed E-state index contributed by atoms with van der Waals surface area (Å²) in [5.41, 5.74) is 0. The number of benzene rings is 1. The van der Waals surface area contributed by atoms with Crippen molar-refractivity contribution in [3.63, 3.8) is 0 Å². The summed E-state index contributed by atoms with van der Waals surface area (Å²) in [6.07, 6.45) is 1.38. The van der Waals surface area contributed by atoms with Crippen LogP contribution in [-0.4, -0.2) is 68.1 Å². The number of hydrogen-bond acceptors (Lipinski definition) is 5. The van der Waals surface area contributed by atoms with E-state index in [0.29, 0.717) is 12.3 Å². The van der Waals surface area contributed by atoms with E-state index in [-0.39, 0.29) is 24.6 Å². The monoisotopic (exact) mass is 398 g/mol. The topological polar surface area (TPSA) is 59.1 Å². The second-order valence-electron chi connectivity index (χ2n) is 6.00. The zero-order chi connectivity index (χ0) is 17.5. The Morgan fingerprint density at radius 1 is 1.21 bits per heavy atom. The molecule has 1 heterocycles. The van der Waals surface area contributed by atoms with Gasteiger partial charge < -0.3 is 14.4 Å². The molecule has 0 N–H and O–H groups in total. The van der Waals surface area contributed by atoms with Crippen molar-refractivity contribution in [3.8, 4) is 5.75 Å². The first kappa shape index (κ1) is 18.7. The van der Waals surface area contributed by atoms with E-state index in [1.54, 1.807) is 31.1 Å². The summed E-state index contributed by atoms with van der Waals surface area (Å²) in [6, 6.07) is 7.28. The molecule has 1 saturated heterocycles. The molecule has 1 fully saturated rings. The fraction of sp³-hybridized carbons (Fsp3) is 0.529. The summed E-state index contributed by atoms with van der Waals surface area (Å²) >= 11 is 3.34. The summed E-state index contributed by atoms with van der Waals surface area (Å²) in [5.74, 6) is 0.362. The second-order valence-corrected chi connectivity index (χ2v) is 6.91. The average Bonchev–Trinajstić information content (AvgIpc) is 2.56. The highest BCUT2D eigenvalue weighted by Gasteiger charge is 2.24. The number of amides is 1. The van der Waals surface area contributed by atoms with Crippen LogP contribution in [-0.2, 0) is 14.3 Å². The Bertz CT molecular complexity index is 554. The minimum atomic E-state index is -0.360. The first-order chi connectivity index (χ1) is 11.4. The molecular formula is C17H23BrN2O4. The van der Waals surface area contributed by atoms with Gasteiger partial charge in [0.25, 0.3) is 0 Å². The van der Waals surface area contributed by atoms with Crippen LogP contribution in [0, 0.1) is 0 Å². The number of likely N-dealkylation sites (N-methyl/N-ethyl adjacent to an activating group) is 1. The van der Waals surface area contributed by atoms with Gasteiger partial charge in [-0.25, -0.2) is 4.79 Å². The Morgan fingerprint density at radius 2 is 1.83 bits per heavy atom. The maximum atomic E-state index is 11.9. The zero-order valence-corrected chi connectivity index (χ0v) is 15.6. The number of nitrogens with zero attached hydrogens (tertiary/aromatic N) is 2. The number of hydrogen-bond donors (Lipinski definition) is 0. The van der Waals surface area contributed by atoms with E-state index in [2.05, 4.69) is 20.8 Å². The van der Waals surface area contributed by atoms with Gasteiger partial charge in [0, 0.05) is 31.7 Å². The molecule has 1 aromatic carbocycles. The van der Waals surface area contributed by atoms with E-state index in [1.165, 1.54) is 0 Å². The Morgan fingerprint density at radius 3 is 2.42 bits per heavy atom. The van der Waals surface area contributed by atoms with E-state index in [1.807, 2.05) is 12.1 Å². The van der Waals surface area contributed by atoms with Crippen molar-refractivity contribution in [1.82, 2.24) is 9.80 Å². The quantitative estimate of drug-likeness (QED) is 0.685. The molecule has 0 atom stereocenters. The number of carbonyl (C=O) groups excluding carboxylic acids is 2. The van der Waals surface area contributed by atoms with E-state index >= 15 is 0 Å². The van der Waals surface area contributed by atoms with E-state index in [4.69, 9.17) is 9.47 Å². The molecule has 1 aromatic rings. The number of piperidine rings is 1. The number of rotatable bonds is 6. The van der Waals surface area contributed by atoms with Crippen LogP contribution in [0.25, 0.3) is 0 Å². The first-order valence-corrected chi connectivity index (χ1v) is 8.73. The van der Waals surface area contributed by atoms with Crippen LogP contribution in [0.15, 0.2) is 28.7 Å². The first-order valence-electron chi connectivity index (χ1n) is 7.94. The van der Waals surface area contributed by atoms with Gasteiger partial charge in [-0.05, 0) is 37.1 Å². The number of carbonyl (C=O) groups is 2. The Hall–Kier alpha value is -1.60. The predicted octanol–water partition coefficient (Wildman–Crippen LogP) is 1.92. The third-order valence-electron chi connectivity index (χ3n) is 3.86. The normalized spacial score (nSPS) is 15.8. The fourth-order valence-electron chi connectivity index (χ4n) is 2.41. The Labute approximate surface area is 150 Å². The molecule has 0 spiro atoms. The Kier molecular flexibility index (Phi) is 7.05. The summed E-state index contributed by atoms with van der Waals surface area (Å²) in [6.45, 7) is 1.83. The van der Waals surface area contributed by atoms with Crippen LogP contribution in [0.5, 0.6) is 5.75 Å². The maximum absolute atomic E-state index is 11.9. The highest BCUT2D eigenvalue weighted by molar-refractivity contribution is 9.10. The molecule has 24 heavy (non-hydrogen) atoms. The van der Waals surface area contributed by atoms with Gasteiger partial charge in [0.1, 0.15) is 11.9 Å². The lowest BCUT2D eigenvalue weighted by molar-refractivity contribution is -0.154. The summed E-state index contributed by atoms with van der Waals surface area (Å²) in [7, 11) is 3.50. The Balaban J connectivity index is 1.66. The third kappa shape index (κ3) is 6.13. The molecule has 1 amide bonds. The second kappa shape index (κ2) is 9.03. The van der Waals surface area contributed by atoms with Gasteiger partial charge in [-0.2, -0.15) is 0 Å². The van der Waals surface area contributed by atoms with E-state index in [9.17, 15) is 9.59 Å². The van der Waals surface area contributed by atoms with Crippen molar-refractivity contribution in [1.29, 1.82) is 0 Å². The van der Waals surface area contributed by atoms with Crippen molar-refractivity contribution in [3.05, 3.63) is 28.7 Å². The van der Waals surface area contributed by atoms with Crippen LogP contribution in [0.3, 0.4) is 0 Å². The van der Waals surface area contributed by atoms with Crippen molar-refractivity contribution >= 4 is 27.8 Å². The van der Waals surface area contributed by atoms with Gasteiger partial charge in [0.05, 0.1) is 6.54 Å². The molecular weight excluding hydrogens is 376 g/mol. The van der Waals surface area contributed by atoms with Gasteiger partial charge >= 0.3 is 5.97 Å². The number of esters is 1. The number of likely N-dealkylation sites (tertiary alicyclic amines) is 1. The highest BCUT2D eigenvalue weighted by atomic mass is 79.9. The lowest BCUT2D eigenvalue weighted by atomic mass is 10.1. The van der Waals surface area contributed by atoms with Gasteiger partial charge in [0.2, 0.25) is 5.91 Å². The van der Waals surface area contributed by atoms with Gasteiger partial charge in [0.15, 0.2) is 6.61 Å². The molecule has 0 aromatic heterocycles. The predicted molar refractivity (Wildman–Crippen MR) is 93.9 cm³/mol. The molecule has 6 nitrogen and oxygen atoms in total. The molecule has 1 aliphatic rings. The molecule has 0 bridgehead atoms. The maximum Gasteiger partial charge on any atom is 0.344 e. The summed E-state index contributed by atoms with van der Waals surface area (Å²) < 4.78 is 11.8. The van der Waals surface area contributed by atoms with Crippen molar-refractivity contribution in [2.45, 2.75) is 18.9 Å². The fourth-order valence-corrected chi connectivity index (χ4v) is 2.68.